The summed E-state index contributed by atoms with van der Waals surface area (Å²) in [6.07, 6.45) is 0. The normalized spacial score (nSPS) is 11.1. The van der Waals surface area contributed by atoms with Gasteiger partial charge in [0.15, 0.2) is 11.6 Å². The quantitative estimate of drug-likeness (QED) is 0.630. The number of pyridine rings is 1. The Hall–Kier alpha value is -2.43. The van der Waals surface area contributed by atoms with Crippen LogP contribution in [0, 0.1) is 11.6 Å². The average Bonchev–Trinajstić information content (AvgIpc) is 2.42. The molecule has 0 saturated heterocycles. The van der Waals surface area contributed by atoms with E-state index in [1.54, 1.807) is 24.3 Å². The van der Waals surface area contributed by atoms with Gasteiger partial charge in [-0.25, -0.2) is 8.78 Å². The number of benzene rings is 2. The summed E-state index contributed by atoms with van der Waals surface area (Å²) in [6.45, 7) is 0. The van der Waals surface area contributed by atoms with E-state index in [2.05, 4.69) is 0 Å². The fraction of sp³-hybridized carbons (Fsp3) is 0.0714. The molecule has 1 aromatic heterocycles. The van der Waals surface area contributed by atoms with Gasteiger partial charge in [-0.1, -0.05) is 18.2 Å². The van der Waals surface area contributed by atoms with Crippen LogP contribution in [0.3, 0.4) is 0 Å². The Morgan fingerprint density at radius 1 is 1.00 bits per heavy atom. The van der Waals surface area contributed by atoms with Crippen LogP contribution in [0.4, 0.5) is 8.78 Å². The van der Waals surface area contributed by atoms with Crippen molar-refractivity contribution in [3.8, 4) is 0 Å². The van der Waals surface area contributed by atoms with Crippen molar-refractivity contribution in [2.24, 2.45) is 0 Å². The van der Waals surface area contributed by atoms with Gasteiger partial charge in [-0.15, -0.1) is 4.73 Å². The predicted molar refractivity (Wildman–Crippen MR) is 68.1 cm³/mol. The molecule has 0 bridgehead atoms. The SMILES string of the molecule is COn1c(=O)c2ccccc2c2cc(F)c(F)cc21. The molecule has 0 spiro atoms. The molecule has 0 saturated carbocycles. The molecule has 0 N–H and O–H groups in total. The van der Waals surface area contributed by atoms with Crippen LogP contribution >= 0.6 is 0 Å². The van der Waals surface area contributed by atoms with E-state index in [0.717, 1.165) is 16.9 Å². The van der Waals surface area contributed by atoms with Crippen molar-refractivity contribution in [1.82, 2.24) is 4.73 Å². The van der Waals surface area contributed by atoms with Crippen LogP contribution in [-0.2, 0) is 0 Å². The monoisotopic (exact) mass is 261 g/mol. The lowest BCUT2D eigenvalue weighted by Gasteiger charge is -2.11. The second-order valence-corrected chi connectivity index (χ2v) is 4.11. The number of hydrogen-bond donors (Lipinski definition) is 0. The molecule has 3 nitrogen and oxygen atoms in total. The van der Waals surface area contributed by atoms with E-state index in [1.807, 2.05) is 0 Å². The molecule has 3 rings (SSSR count). The first kappa shape index (κ1) is 11.6. The molecule has 0 aliphatic carbocycles. The summed E-state index contributed by atoms with van der Waals surface area (Å²) in [4.78, 5) is 17.2. The van der Waals surface area contributed by atoms with Gasteiger partial charge >= 0.3 is 0 Å². The van der Waals surface area contributed by atoms with Crippen molar-refractivity contribution >= 4 is 21.7 Å². The van der Waals surface area contributed by atoms with Crippen LogP contribution in [0.5, 0.6) is 0 Å². The number of fused-ring (bicyclic) bond motifs is 3. The van der Waals surface area contributed by atoms with E-state index in [0.29, 0.717) is 16.2 Å². The topological polar surface area (TPSA) is 31.2 Å². The summed E-state index contributed by atoms with van der Waals surface area (Å²) in [7, 11) is 1.30. The fourth-order valence-corrected chi connectivity index (χ4v) is 2.22. The first-order chi connectivity index (χ1) is 9.13. The molecule has 5 heteroatoms. The van der Waals surface area contributed by atoms with Crippen LogP contribution in [0.2, 0.25) is 0 Å². The van der Waals surface area contributed by atoms with Crippen LogP contribution in [0.1, 0.15) is 0 Å². The van der Waals surface area contributed by atoms with E-state index in [9.17, 15) is 13.6 Å². The molecule has 1 heterocycles. The van der Waals surface area contributed by atoms with Gasteiger partial charge in [0.1, 0.15) is 7.11 Å². The lowest BCUT2D eigenvalue weighted by molar-refractivity contribution is 0.170. The Labute approximate surface area is 106 Å². The molecule has 0 aliphatic rings. The zero-order valence-electron chi connectivity index (χ0n) is 9.98. The minimum Gasteiger partial charge on any atom is -0.413 e. The Morgan fingerprint density at radius 2 is 1.63 bits per heavy atom. The van der Waals surface area contributed by atoms with Gasteiger partial charge in [0.2, 0.25) is 0 Å². The molecule has 0 radical (unpaired) electrons. The summed E-state index contributed by atoms with van der Waals surface area (Å²) >= 11 is 0. The smallest absolute Gasteiger partial charge is 0.291 e. The molecule has 2 aromatic carbocycles. The highest BCUT2D eigenvalue weighted by Gasteiger charge is 2.14. The highest BCUT2D eigenvalue weighted by Crippen LogP contribution is 2.24. The largest absolute Gasteiger partial charge is 0.413 e. The van der Waals surface area contributed by atoms with Crippen molar-refractivity contribution in [3.63, 3.8) is 0 Å². The van der Waals surface area contributed by atoms with Crippen LogP contribution in [0.25, 0.3) is 21.7 Å². The second-order valence-electron chi connectivity index (χ2n) is 4.11. The lowest BCUT2D eigenvalue weighted by atomic mass is 10.1. The van der Waals surface area contributed by atoms with Crippen LogP contribution in [-0.4, -0.2) is 11.8 Å². The van der Waals surface area contributed by atoms with E-state index in [-0.39, 0.29) is 5.52 Å². The third kappa shape index (κ3) is 1.58. The molecule has 96 valence electrons. The van der Waals surface area contributed by atoms with Gasteiger partial charge < -0.3 is 4.84 Å². The van der Waals surface area contributed by atoms with Gasteiger partial charge in [0.05, 0.1) is 10.9 Å². The molecule has 0 fully saturated rings. The maximum Gasteiger partial charge on any atom is 0.291 e. The van der Waals surface area contributed by atoms with E-state index in [1.165, 1.54) is 7.11 Å². The first-order valence-electron chi connectivity index (χ1n) is 5.60. The minimum atomic E-state index is -1.02. The molecule has 0 atom stereocenters. The summed E-state index contributed by atoms with van der Waals surface area (Å²) in [6, 6.07) is 8.78. The first-order valence-corrected chi connectivity index (χ1v) is 5.60. The minimum absolute atomic E-state index is 0.199. The molecule has 0 aliphatic heterocycles. The number of rotatable bonds is 1. The highest BCUT2D eigenvalue weighted by atomic mass is 19.2. The van der Waals surface area contributed by atoms with Crippen molar-refractivity contribution in [1.29, 1.82) is 0 Å². The third-order valence-corrected chi connectivity index (χ3v) is 3.07. The predicted octanol–water partition coefficient (Wildman–Crippen LogP) is 2.49. The van der Waals surface area contributed by atoms with E-state index < -0.39 is 17.2 Å². The maximum atomic E-state index is 13.4. The fourth-order valence-electron chi connectivity index (χ4n) is 2.22. The summed E-state index contributed by atoms with van der Waals surface area (Å²) in [5.41, 5.74) is -0.207. The summed E-state index contributed by atoms with van der Waals surface area (Å²) in [5, 5.41) is 1.38. The molecule has 0 unspecified atom stereocenters. The van der Waals surface area contributed by atoms with Crippen molar-refractivity contribution in [2.75, 3.05) is 7.11 Å². The molecular formula is C14H9F2NO2. The maximum absolute atomic E-state index is 13.4. The average molecular weight is 261 g/mol. The van der Waals surface area contributed by atoms with Crippen molar-refractivity contribution < 1.29 is 13.6 Å². The number of aromatic nitrogens is 1. The second kappa shape index (κ2) is 4.05. The van der Waals surface area contributed by atoms with Gasteiger partial charge in [0.25, 0.3) is 5.56 Å². The Bertz CT molecular complexity index is 855. The molecular weight excluding hydrogens is 252 g/mol. The van der Waals surface area contributed by atoms with Gasteiger partial charge in [-0.2, -0.15) is 0 Å². The Balaban J connectivity index is 2.67. The summed E-state index contributed by atoms with van der Waals surface area (Å²) < 4.78 is 27.7. The van der Waals surface area contributed by atoms with Crippen molar-refractivity contribution in [3.05, 3.63) is 58.4 Å². The number of nitrogens with zero attached hydrogens (tertiary/aromatic N) is 1. The van der Waals surface area contributed by atoms with E-state index >= 15 is 0 Å². The molecule has 0 amide bonds. The number of hydrogen-bond acceptors (Lipinski definition) is 2. The zero-order valence-corrected chi connectivity index (χ0v) is 9.98. The Kier molecular flexibility index (Phi) is 2.48. The highest BCUT2D eigenvalue weighted by molar-refractivity contribution is 6.05. The van der Waals surface area contributed by atoms with Gasteiger partial charge in [0, 0.05) is 11.5 Å². The number of halogens is 2. The standard InChI is InChI=1S/C14H9F2NO2/c1-19-17-13-7-12(16)11(15)6-10(13)8-4-2-3-5-9(8)14(17)18/h2-7H,1H3. The Morgan fingerprint density at radius 3 is 2.32 bits per heavy atom. The van der Waals surface area contributed by atoms with Crippen LogP contribution in [0.15, 0.2) is 41.2 Å². The molecule has 19 heavy (non-hydrogen) atoms. The zero-order chi connectivity index (χ0) is 13.6. The summed E-state index contributed by atoms with van der Waals surface area (Å²) in [5.74, 6) is -1.98. The third-order valence-electron chi connectivity index (χ3n) is 3.07. The van der Waals surface area contributed by atoms with E-state index in [4.69, 9.17) is 4.84 Å². The van der Waals surface area contributed by atoms with Gasteiger partial charge in [-0.3, -0.25) is 4.79 Å². The van der Waals surface area contributed by atoms with Gasteiger partial charge in [-0.05, 0) is 17.5 Å². The molecule has 3 aromatic rings. The van der Waals surface area contributed by atoms with Crippen molar-refractivity contribution in [2.45, 2.75) is 0 Å². The lowest BCUT2D eigenvalue weighted by Crippen LogP contribution is -2.25. The van der Waals surface area contributed by atoms with Crippen LogP contribution < -0.4 is 10.4 Å².